The summed E-state index contributed by atoms with van der Waals surface area (Å²) in [6.07, 6.45) is -3.61. The van der Waals surface area contributed by atoms with Crippen LogP contribution in [-0.2, 0) is 4.74 Å². The Hall–Kier alpha value is -0.240. The number of aliphatic hydroxyl groups excluding tert-OH is 3. The molecule has 1 fully saturated rings. The van der Waals surface area contributed by atoms with E-state index in [4.69, 9.17) is 15.6 Å². The van der Waals surface area contributed by atoms with Crippen LogP contribution >= 0.6 is 0 Å². The van der Waals surface area contributed by atoms with Gasteiger partial charge in [0.15, 0.2) is 0 Å². The molecule has 1 heterocycles. The summed E-state index contributed by atoms with van der Waals surface area (Å²) in [4.78, 5) is 0. The summed E-state index contributed by atoms with van der Waals surface area (Å²) in [6, 6.07) is 0. The molecule has 0 bridgehead atoms. The van der Waals surface area contributed by atoms with Crippen LogP contribution in [0.1, 0.15) is 0 Å². The first kappa shape index (κ1) is 9.85. The maximum absolute atomic E-state index is 9.30. The number of nitrogens with two attached hydrogens (primary N) is 1. The largest absolute Gasteiger partial charge is 0.391 e. The van der Waals surface area contributed by atoms with Gasteiger partial charge in [-0.3, -0.25) is 0 Å². The molecule has 1 aliphatic heterocycles. The molecule has 0 radical (unpaired) electrons. The quantitative estimate of drug-likeness (QED) is 0.304. The van der Waals surface area contributed by atoms with Crippen molar-refractivity contribution in [3.8, 4) is 0 Å². The summed E-state index contributed by atoms with van der Waals surface area (Å²) >= 11 is 0. The standard InChI is InChI=1S/C6H13NO5/c7-1-3-4(9)5(10)6(11,2-8)12-3/h3-5,8-11H,1-2,7H2/t3-,4+,5-,6?/m1/s1. The highest BCUT2D eigenvalue weighted by molar-refractivity contribution is 4.95. The topological polar surface area (TPSA) is 116 Å². The molecule has 1 unspecified atom stereocenters. The van der Waals surface area contributed by atoms with Crippen molar-refractivity contribution in [1.29, 1.82) is 0 Å². The molecule has 6 heteroatoms. The minimum atomic E-state index is -2.08. The smallest absolute Gasteiger partial charge is 0.219 e. The fraction of sp³-hybridized carbons (Fsp3) is 1.00. The van der Waals surface area contributed by atoms with E-state index in [2.05, 4.69) is 0 Å². The van der Waals surface area contributed by atoms with Gasteiger partial charge in [0.2, 0.25) is 5.79 Å². The summed E-state index contributed by atoms with van der Waals surface area (Å²) in [7, 11) is 0. The second-order valence-corrected chi connectivity index (χ2v) is 2.83. The zero-order valence-corrected chi connectivity index (χ0v) is 6.42. The first-order valence-corrected chi connectivity index (χ1v) is 3.62. The van der Waals surface area contributed by atoms with E-state index in [0.717, 1.165) is 0 Å². The van der Waals surface area contributed by atoms with Gasteiger partial charge in [-0.15, -0.1) is 0 Å². The second kappa shape index (κ2) is 3.25. The molecule has 0 aromatic carbocycles. The van der Waals surface area contributed by atoms with Crippen molar-refractivity contribution < 1.29 is 25.2 Å². The highest BCUT2D eigenvalue weighted by atomic mass is 16.7. The molecule has 1 saturated heterocycles. The molecule has 0 amide bonds. The van der Waals surface area contributed by atoms with E-state index >= 15 is 0 Å². The summed E-state index contributed by atoms with van der Waals surface area (Å²) in [5.41, 5.74) is 5.17. The van der Waals surface area contributed by atoms with Gasteiger partial charge in [-0.2, -0.15) is 0 Å². The average Bonchev–Trinajstić information content (AvgIpc) is 2.31. The third kappa shape index (κ3) is 1.33. The lowest BCUT2D eigenvalue weighted by Gasteiger charge is -2.22. The number of rotatable bonds is 2. The van der Waals surface area contributed by atoms with E-state index < -0.39 is 30.7 Å². The molecule has 1 aliphatic rings. The van der Waals surface area contributed by atoms with E-state index in [-0.39, 0.29) is 6.54 Å². The Morgan fingerprint density at radius 2 is 2.00 bits per heavy atom. The molecular weight excluding hydrogens is 166 g/mol. The third-order valence-electron chi connectivity index (χ3n) is 1.98. The van der Waals surface area contributed by atoms with Crippen LogP contribution in [0.2, 0.25) is 0 Å². The van der Waals surface area contributed by atoms with Crippen molar-refractivity contribution in [1.82, 2.24) is 0 Å². The number of aliphatic hydroxyl groups is 4. The van der Waals surface area contributed by atoms with Crippen LogP contribution in [0.15, 0.2) is 0 Å². The average molecular weight is 179 g/mol. The SMILES string of the molecule is NC[C@H]1OC(O)(CO)[C@H](O)[C@H]1O. The van der Waals surface area contributed by atoms with Crippen molar-refractivity contribution in [3.05, 3.63) is 0 Å². The van der Waals surface area contributed by atoms with Crippen LogP contribution in [0.5, 0.6) is 0 Å². The van der Waals surface area contributed by atoms with E-state index in [1.165, 1.54) is 0 Å². The number of hydrogen-bond donors (Lipinski definition) is 5. The molecular formula is C6H13NO5. The van der Waals surface area contributed by atoms with E-state index in [0.29, 0.717) is 0 Å². The van der Waals surface area contributed by atoms with Gasteiger partial charge in [0.1, 0.15) is 18.3 Å². The summed E-state index contributed by atoms with van der Waals surface area (Å²) in [5.74, 6) is -2.08. The lowest BCUT2D eigenvalue weighted by atomic mass is 10.1. The highest BCUT2D eigenvalue weighted by Gasteiger charge is 2.52. The molecule has 12 heavy (non-hydrogen) atoms. The molecule has 0 spiro atoms. The predicted molar refractivity (Wildman–Crippen MR) is 38.0 cm³/mol. The van der Waals surface area contributed by atoms with Crippen molar-refractivity contribution in [3.63, 3.8) is 0 Å². The van der Waals surface area contributed by atoms with Gasteiger partial charge in [0.05, 0.1) is 6.61 Å². The fourth-order valence-electron chi connectivity index (χ4n) is 1.19. The Labute approximate surface area is 69.2 Å². The highest BCUT2D eigenvalue weighted by Crippen LogP contribution is 2.27. The molecule has 0 saturated carbocycles. The molecule has 0 aromatic heterocycles. The minimum Gasteiger partial charge on any atom is -0.391 e. The van der Waals surface area contributed by atoms with Gasteiger partial charge in [-0.25, -0.2) is 0 Å². The number of hydrogen-bond acceptors (Lipinski definition) is 6. The van der Waals surface area contributed by atoms with Gasteiger partial charge >= 0.3 is 0 Å². The van der Waals surface area contributed by atoms with Crippen LogP contribution < -0.4 is 5.73 Å². The lowest BCUT2D eigenvalue weighted by Crippen LogP contribution is -2.46. The van der Waals surface area contributed by atoms with E-state index in [9.17, 15) is 15.3 Å². The number of ether oxygens (including phenoxy) is 1. The lowest BCUT2D eigenvalue weighted by molar-refractivity contribution is -0.244. The van der Waals surface area contributed by atoms with Crippen molar-refractivity contribution >= 4 is 0 Å². The Kier molecular flexibility index (Phi) is 2.67. The fourth-order valence-corrected chi connectivity index (χ4v) is 1.19. The first-order valence-electron chi connectivity index (χ1n) is 3.62. The second-order valence-electron chi connectivity index (χ2n) is 2.83. The van der Waals surface area contributed by atoms with Crippen LogP contribution in [0.4, 0.5) is 0 Å². The van der Waals surface area contributed by atoms with Gasteiger partial charge in [0.25, 0.3) is 0 Å². The Morgan fingerprint density at radius 1 is 1.42 bits per heavy atom. The molecule has 0 aromatic rings. The monoisotopic (exact) mass is 179 g/mol. The van der Waals surface area contributed by atoms with Crippen LogP contribution in [0.25, 0.3) is 0 Å². The first-order chi connectivity index (χ1) is 5.55. The summed E-state index contributed by atoms with van der Waals surface area (Å²) in [6.45, 7) is -0.803. The minimum absolute atomic E-state index is 0.0272. The zero-order chi connectivity index (χ0) is 9.35. The molecule has 72 valence electrons. The van der Waals surface area contributed by atoms with Gasteiger partial charge in [0, 0.05) is 6.54 Å². The molecule has 6 N–H and O–H groups in total. The van der Waals surface area contributed by atoms with Crippen molar-refractivity contribution in [2.45, 2.75) is 24.1 Å². The van der Waals surface area contributed by atoms with Gasteiger partial charge in [-0.1, -0.05) is 0 Å². The van der Waals surface area contributed by atoms with Crippen molar-refractivity contribution in [2.75, 3.05) is 13.2 Å². The van der Waals surface area contributed by atoms with Gasteiger partial charge < -0.3 is 30.9 Å². The molecule has 6 nitrogen and oxygen atoms in total. The third-order valence-corrected chi connectivity index (χ3v) is 1.98. The summed E-state index contributed by atoms with van der Waals surface area (Å²) in [5, 5.41) is 36.3. The van der Waals surface area contributed by atoms with E-state index in [1.807, 2.05) is 0 Å². The van der Waals surface area contributed by atoms with Crippen LogP contribution in [0, 0.1) is 0 Å². The zero-order valence-electron chi connectivity index (χ0n) is 6.42. The molecule has 0 aliphatic carbocycles. The molecule has 4 atom stereocenters. The Bertz CT molecular complexity index is 166. The van der Waals surface area contributed by atoms with E-state index in [1.54, 1.807) is 0 Å². The maximum Gasteiger partial charge on any atom is 0.219 e. The normalized spacial score (nSPS) is 48.2. The Balaban J connectivity index is 2.72. The summed E-state index contributed by atoms with van der Waals surface area (Å²) < 4.78 is 4.75. The maximum atomic E-state index is 9.30. The Morgan fingerprint density at radius 3 is 2.25 bits per heavy atom. The van der Waals surface area contributed by atoms with Crippen LogP contribution in [-0.4, -0.2) is 57.7 Å². The van der Waals surface area contributed by atoms with Crippen molar-refractivity contribution in [2.24, 2.45) is 5.73 Å². The van der Waals surface area contributed by atoms with Gasteiger partial charge in [-0.05, 0) is 0 Å². The molecule has 1 rings (SSSR count). The van der Waals surface area contributed by atoms with Crippen LogP contribution in [0.3, 0.4) is 0 Å². The predicted octanol–water partition coefficient (Wildman–Crippen LogP) is -3.25.